The quantitative estimate of drug-likeness (QED) is 0.732. The Morgan fingerprint density at radius 3 is 2.70 bits per heavy atom. The molecule has 0 fully saturated rings. The molecular weight excluding hydrogens is 369 g/mol. The molecule has 0 unspecified atom stereocenters. The molecule has 0 radical (unpaired) electrons. The van der Waals surface area contributed by atoms with Gasteiger partial charge in [-0.2, -0.15) is 5.10 Å². The highest BCUT2D eigenvalue weighted by Gasteiger charge is 2.16. The first kappa shape index (κ1) is 18.8. The predicted molar refractivity (Wildman–Crippen MR) is 102 cm³/mol. The maximum atomic E-state index is 13.2. The molecule has 27 heavy (non-hydrogen) atoms. The van der Waals surface area contributed by atoms with Gasteiger partial charge in [-0.3, -0.25) is 9.59 Å². The fourth-order valence-electron chi connectivity index (χ4n) is 2.67. The molecule has 5 nitrogen and oxygen atoms in total. The summed E-state index contributed by atoms with van der Waals surface area (Å²) in [6.45, 7) is 1.97. The van der Waals surface area contributed by atoms with Crippen molar-refractivity contribution >= 4 is 17.5 Å². The molecule has 0 aliphatic rings. The van der Waals surface area contributed by atoms with Gasteiger partial charge in [-0.25, -0.2) is 9.07 Å². The smallest absolute Gasteiger partial charge is 0.275 e. The summed E-state index contributed by atoms with van der Waals surface area (Å²) >= 11 is 6.20. The first-order chi connectivity index (χ1) is 13.0. The van der Waals surface area contributed by atoms with E-state index in [9.17, 15) is 14.0 Å². The van der Waals surface area contributed by atoms with E-state index in [2.05, 4.69) is 10.4 Å². The number of benzene rings is 2. The molecule has 2 aromatic carbocycles. The van der Waals surface area contributed by atoms with Crippen LogP contribution in [0.5, 0.6) is 0 Å². The molecule has 0 saturated carbocycles. The third kappa shape index (κ3) is 4.41. The number of amides is 1. The second-order valence-electron chi connectivity index (χ2n) is 6.00. The molecule has 0 aliphatic carbocycles. The number of hydrogen-bond acceptors (Lipinski definition) is 3. The summed E-state index contributed by atoms with van der Waals surface area (Å²) < 4.78 is 14.7. The summed E-state index contributed by atoms with van der Waals surface area (Å²) in [6.07, 6.45) is 0.439. The highest BCUT2D eigenvalue weighted by molar-refractivity contribution is 6.32. The van der Waals surface area contributed by atoms with Crippen molar-refractivity contribution in [3.63, 3.8) is 0 Å². The first-order valence-electron chi connectivity index (χ1n) is 8.34. The zero-order chi connectivity index (χ0) is 19.4. The van der Waals surface area contributed by atoms with E-state index in [1.807, 2.05) is 0 Å². The number of aryl methyl sites for hydroxylation is 1. The molecule has 1 heterocycles. The van der Waals surface area contributed by atoms with Gasteiger partial charge in [-0.15, -0.1) is 0 Å². The molecule has 7 heteroatoms. The zero-order valence-electron chi connectivity index (χ0n) is 14.6. The lowest BCUT2D eigenvalue weighted by Crippen LogP contribution is -2.33. The van der Waals surface area contributed by atoms with E-state index in [0.717, 1.165) is 5.56 Å². The number of nitrogens with one attached hydrogen (secondary N) is 1. The molecule has 0 bridgehead atoms. The Balaban J connectivity index is 1.79. The van der Waals surface area contributed by atoms with Crippen LogP contribution in [0.3, 0.4) is 0 Å². The molecule has 0 aliphatic heterocycles. The van der Waals surface area contributed by atoms with Gasteiger partial charge >= 0.3 is 0 Å². The van der Waals surface area contributed by atoms with Crippen molar-refractivity contribution in [2.75, 3.05) is 6.54 Å². The topological polar surface area (TPSA) is 64.0 Å². The second kappa shape index (κ2) is 8.14. The van der Waals surface area contributed by atoms with Gasteiger partial charge in [0.05, 0.1) is 10.7 Å². The van der Waals surface area contributed by atoms with Gasteiger partial charge in [-0.05, 0) is 43.2 Å². The van der Waals surface area contributed by atoms with Crippen LogP contribution in [0, 0.1) is 12.7 Å². The Hall–Kier alpha value is -2.99. The molecule has 1 aromatic heterocycles. The fraction of sp³-hybridized carbons (Fsp3) is 0.150. The maximum absolute atomic E-state index is 13.2. The van der Waals surface area contributed by atoms with Crippen LogP contribution >= 0.6 is 11.6 Å². The average molecular weight is 386 g/mol. The summed E-state index contributed by atoms with van der Waals surface area (Å²) in [5.74, 6) is -0.918. The van der Waals surface area contributed by atoms with E-state index >= 15 is 0 Å². The van der Waals surface area contributed by atoms with Crippen LogP contribution < -0.4 is 10.7 Å². The van der Waals surface area contributed by atoms with E-state index in [4.69, 9.17) is 11.6 Å². The lowest BCUT2D eigenvalue weighted by Gasteiger charge is -2.12. The summed E-state index contributed by atoms with van der Waals surface area (Å²) in [6, 6.07) is 14.5. The zero-order valence-corrected chi connectivity index (χ0v) is 15.3. The third-order valence-electron chi connectivity index (χ3n) is 3.99. The number of para-hydroxylation sites is 1. The molecule has 0 saturated heterocycles. The van der Waals surface area contributed by atoms with Crippen LogP contribution in [0.4, 0.5) is 4.39 Å². The molecule has 1 amide bonds. The van der Waals surface area contributed by atoms with Gasteiger partial charge in [-0.1, -0.05) is 35.9 Å². The van der Waals surface area contributed by atoms with Crippen LogP contribution in [-0.4, -0.2) is 22.2 Å². The van der Waals surface area contributed by atoms with Crippen LogP contribution in [0.15, 0.2) is 59.4 Å². The standard InChI is InChI=1S/C20H17ClFN3O2/c1-13-11-18(26)19(24-25(13)17-8-3-2-7-16(17)21)20(27)23-10-9-14-5-4-6-15(22)12-14/h2-8,11-12H,9-10H2,1H3,(H,23,27). The number of hydrogen-bond donors (Lipinski definition) is 1. The number of carbonyl (C=O) groups is 1. The number of halogens is 2. The minimum atomic E-state index is -0.586. The number of carbonyl (C=O) groups excluding carboxylic acids is 1. The largest absolute Gasteiger partial charge is 0.350 e. The minimum Gasteiger partial charge on any atom is -0.350 e. The lowest BCUT2D eigenvalue weighted by atomic mass is 10.1. The van der Waals surface area contributed by atoms with Crippen molar-refractivity contribution in [3.05, 3.63) is 92.6 Å². The van der Waals surface area contributed by atoms with Crippen molar-refractivity contribution in [2.24, 2.45) is 0 Å². The SMILES string of the molecule is Cc1cc(=O)c(C(=O)NCCc2cccc(F)c2)nn1-c1ccccc1Cl. The van der Waals surface area contributed by atoms with Gasteiger partial charge in [0.15, 0.2) is 5.69 Å². The molecule has 138 valence electrons. The van der Waals surface area contributed by atoms with Crippen molar-refractivity contribution in [3.8, 4) is 5.69 Å². The third-order valence-corrected chi connectivity index (χ3v) is 4.31. The maximum Gasteiger partial charge on any atom is 0.275 e. The normalized spacial score (nSPS) is 10.6. The average Bonchev–Trinajstić information content (AvgIpc) is 2.63. The highest BCUT2D eigenvalue weighted by atomic mass is 35.5. The van der Waals surface area contributed by atoms with Gasteiger partial charge in [0.25, 0.3) is 5.91 Å². The number of rotatable bonds is 5. The van der Waals surface area contributed by atoms with Crippen LogP contribution in [0.1, 0.15) is 21.7 Å². The van der Waals surface area contributed by atoms with Gasteiger partial charge in [0.1, 0.15) is 5.82 Å². The summed E-state index contributed by atoms with van der Waals surface area (Å²) in [4.78, 5) is 24.6. The summed E-state index contributed by atoms with van der Waals surface area (Å²) in [7, 11) is 0. The summed E-state index contributed by atoms with van der Waals surface area (Å²) in [5, 5.41) is 7.29. The van der Waals surface area contributed by atoms with Gasteiger partial charge < -0.3 is 5.32 Å². The Kier molecular flexibility index (Phi) is 5.66. The van der Waals surface area contributed by atoms with Crippen LogP contribution in [0.2, 0.25) is 5.02 Å². The monoisotopic (exact) mass is 385 g/mol. The fourth-order valence-corrected chi connectivity index (χ4v) is 2.88. The van der Waals surface area contributed by atoms with Crippen molar-refractivity contribution < 1.29 is 9.18 Å². The Morgan fingerprint density at radius 2 is 1.96 bits per heavy atom. The molecule has 3 rings (SSSR count). The Morgan fingerprint density at radius 1 is 1.19 bits per heavy atom. The predicted octanol–water partition coefficient (Wildman–Crippen LogP) is 3.31. The lowest BCUT2D eigenvalue weighted by molar-refractivity contribution is 0.0946. The van der Waals surface area contributed by atoms with Crippen molar-refractivity contribution in [1.82, 2.24) is 15.1 Å². The second-order valence-corrected chi connectivity index (χ2v) is 6.40. The van der Waals surface area contributed by atoms with Crippen molar-refractivity contribution in [2.45, 2.75) is 13.3 Å². The van der Waals surface area contributed by atoms with E-state index < -0.39 is 11.3 Å². The molecule has 3 aromatic rings. The van der Waals surface area contributed by atoms with Gasteiger partial charge in [0.2, 0.25) is 5.43 Å². The Bertz CT molecular complexity index is 1050. The Labute approximate surface area is 160 Å². The molecule has 1 N–H and O–H groups in total. The number of nitrogens with zero attached hydrogens (tertiary/aromatic N) is 2. The van der Waals surface area contributed by atoms with E-state index in [1.54, 1.807) is 43.3 Å². The first-order valence-corrected chi connectivity index (χ1v) is 8.72. The van der Waals surface area contributed by atoms with Crippen LogP contribution in [0.25, 0.3) is 5.69 Å². The van der Waals surface area contributed by atoms with E-state index in [0.29, 0.717) is 22.8 Å². The van der Waals surface area contributed by atoms with Crippen LogP contribution in [-0.2, 0) is 6.42 Å². The summed E-state index contributed by atoms with van der Waals surface area (Å²) in [5.41, 5.74) is 1.19. The van der Waals surface area contributed by atoms with Crippen molar-refractivity contribution in [1.29, 1.82) is 0 Å². The molecule has 0 atom stereocenters. The number of aromatic nitrogens is 2. The van der Waals surface area contributed by atoms with E-state index in [1.165, 1.54) is 22.9 Å². The molecular formula is C20H17ClFN3O2. The van der Waals surface area contributed by atoms with Gasteiger partial charge in [0, 0.05) is 18.3 Å². The highest BCUT2D eigenvalue weighted by Crippen LogP contribution is 2.19. The van der Waals surface area contributed by atoms with E-state index in [-0.39, 0.29) is 18.1 Å². The molecule has 0 spiro atoms. The minimum absolute atomic E-state index is 0.222.